The maximum Gasteiger partial charge on any atom is 0.335 e. The Morgan fingerprint density at radius 2 is 1.74 bits per heavy atom. The van der Waals surface area contributed by atoms with Crippen molar-refractivity contribution in [1.82, 2.24) is 14.5 Å². The zero-order valence-corrected chi connectivity index (χ0v) is 26.7. The number of nitrogens with zero attached hydrogens (tertiary/aromatic N) is 3. The molecule has 0 aliphatic carbocycles. The van der Waals surface area contributed by atoms with Crippen LogP contribution in [0.4, 0.5) is 17.6 Å². The molecular formula is C39H31F4N3O4. The van der Waals surface area contributed by atoms with Crippen molar-refractivity contribution in [3.8, 4) is 17.1 Å². The molecule has 7 rings (SSSR count). The van der Waals surface area contributed by atoms with Crippen LogP contribution in [0.2, 0.25) is 0 Å². The predicted molar refractivity (Wildman–Crippen MR) is 178 cm³/mol. The Morgan fingerprint density at radius 1 is 0.920 bits per heavy atom. The number of aromatic carboxylic acids is 1. The number of fused-ring (bicyclic) bond motifs is 1. The van der Waals surface area contributed by atoms with Gasteiger partial charge in [-0.1, -0.05) is 54.6 Å². The van der Waals surface area contributed by atoms with E-state index in [-0.39, 0.29) is 23.6 Å². The van der Waals surface area contributed by atoms with Crippen molar-refractivity contribution in [3.05, 3.63) is 148 Å². The van der Waals surface area contributed by atoms with Crippen LogP contribution >= 0.6 is 0 Å². The number of alkyl halides is 2. The quantitative estimate of drug-likeness (QED) is 0.138. The SMILES string of the molecule is O=C(O)c1ccc2nc(Cc3ccc(-c4cccc(OCc5ccc(C(F)(F)c6ccccc6F)cc5F)n4)cc3)n(C[C@@H]3CCOC3)c2c1. The normalized spacial score (nSPS) is 14.7. The molecule has 7 nitrogen and oxygen atoms in total. The summed E-state index contributed by atoms with van der Waals surface area (Å²) in [5, 5.41) is 9.56. The lowest BCUT2D eigenvalue weighted by Gasteiger charge is -2.18. The summed E-state index contributed by atoms with van der Waals surface area (Å²) in [6.45, 7) is 1.78. The van der Waals surface area contributed by atoms with Gasteiger partial charge >= 0.3 is 11.9 Å². The lowest BCUT2D eigenvalue weighted by Crippen LogP contribution is -2.17. The number of hydrogen-bond donors (Lipinski definition) is 1. The number of carbonyl (C=O) groups is 1. The van der Waals surface area contributed by atoms with Gasteiger partial charge in [-0.05, 0) is 54.4 Å². The molecule has 1 aliphatic heterocycles. The Balaban J connectivity index is 1.05. The first kappa shape index (κ1) is 33.0. The topological polar surface area (TPSA) is 86.5 Å². The maximum atomic E-state index is 15.0. The molecule has 0 spiro atoms. The highest BCUT2D eigenvalue weighted by Gasteiger charge is 2.37. The van der Waals surface area contributed by atoms with Crippen LogP contribution in [0.5, 0.6) is 5.88 Å². The number of carboxylic acids is 1. The van der Waals surface area contributed by atoms with E-state index in [1.807, 2.05) is 30.3 Å². The average Bonchev–Trinajstić information content (AvgIpc) is 3.76. The Labute approximate surface area is 284 Å². The summed E-state index contributed by atoms with van der Waals surface area (Å²) in [6.07, 6.45) is 1.46. The molecule has 1 saturated heterocycles. The molecule has 6 aromatic rings. The molecule has 11 heteroatoms. The van der Waals surface area contributed by atoms with Gasteiger partial charge in [0.1, 0.15) is 24.1 Å². The third-order valence-electron chi connectivity index (χ3n) is 8.88. The molecule has 1 N–H and O–H groups in total. The molecule has 3 heterocycles. The van der Waals surface area contributed by atoms with Crippen molar-refractivity contribution in [2.75, 3.05) is 13.2 Å². The molecule has 2 aromatic heterocycles. The summed E-state index contributed by atoms with van der Waals surface area (Å²) in [5.74, 6) is -5.33. The molecule has 0 radical (unpaired) electrons. The van der Waals surface area contributed by atoms with Gasteiger partial charge in [0.05, 0.1) is 34.5 Å². The van der Waals surface area contributed by atoms with E-state index in [1.165, 1.54) is 18.2 Å². The first-order valence-electron chi connectivity index (χ1n) is 16.1. The van der Waals surface area contributed by atoms with Gasteiger partial charge in [-0.15, -0.1) is 0 Å². The Hall–Kier alpha value is -5.55. The molecular weight excluding hydrogens is 650 g/mol. The second-order valence-electron chi connectivity index (χ2n) is 12.3. The number of benzene rings is 4. The van der Waals surface area contributed by atoms with Gasteiger partial charge in [0.2, 0.25) is 5.88 Å². The van der Waals surface area contributed by atoms with E-state index in [4.69, 9.17) is 14.5 Å². The summed E-state index contributed by atoms with van der Waals surface area (Å²) >= 11 is 0. The van der Waals surface area contributed by atoms with Crippen LogP contribution in [-0.2, 0) is 30.2 Å². The Morgan fingerprint density at radius 3 is 2.48 bits per heavy atom. The number of hydrogen-bond acceptors (Lipinski definition) is 5. The summed E-state index contributed by atoms with van der Waals surface area (Å²) in [4.78, 5) is 21.1. The van der Waals surface area contributed by atoms with Crippen LogP contribution in [0.3, 0.4) is 0 Å². The van der Waals surface area contributed by atoms with Gasteiger partial charge in [0, 0.05) is 48.2 Å². The van der Waals surface area contributed by atoms with E-state index >= 15 is 0 Å². The van der Waals surface area contributed by atoms with Crippen LogP contribution in [0.1, 0.15) is 44.9 Å². The van der Waals surface area contributed by atoms with E-state index in [0.29, 0.717) is 43.9 Å². The van der Waals surface area contributed by atoms with E-state index < -0.39 is 34.7 Å². The maximum absolute atomic E-state index is 15.0. The van der Waals surface area contributed by atoms with E-state index in [1.54, 1.807) is 30.3 Å². The van der Waals surface area contributed by atoms with E-state index in [0.717, 1.165) is 52.6 Å². The van der Waals surface area contributed by atoms with Gasteiger partial charge < -0.3 is 19.1 Å². The van der Waals surface area contributed by atoms with Crippen LogP contribution in [0, 0.1) is 17.6 Å². The fourth-order valence-electron chi connectivity index (χ4n) is 6.14. The zero-order valence-electron chi connectivity index (χ0n) is 26.7. The number of rotatable bonds is 11. The molecule has 50 heavy (non-hydrogen) atoms. The van der Waals surface area contributed by atoms with E-state index in [9.17, 15) is 27.5 Å². The third kappa shape index (κ3) is 6.81. The second kappa shape index (κ2) is 13.8. The average molecular weight is 682 g/mol. The first-order valence-corrected chi connectivity index (χ1v) is 16.1. The molecule has 0 bridgehead atoms. The first-order chi connectivity index (χ1) is 24.2. The fraction of sp³-hybridized carbons (Fsp3) is 0.205. The number of imidazole rings is 1. The molecule has 0 saturated carbocycles. The molecule has 0 unspecified atom stereocenters. The number of halogens is 4. The molecule has 1 atom stereocenters. The largest absolute Gasteiger partial charge is 0.478 e. The summed E-state index contributed by atoms with van der Waals surface area (Å²) < 4.78 is 72.3. The summed E-state index contributed by atoms with van der Waals surface area (Å²) in [5.41, 5.74) is 2.69. The smallest absolute Gasteiger partial charge is 0.335 e. The van der Waals surface area contributed by atoms with Gasteiger partial charge in [-0.2, -0.15) is 8.78 Å². The van der Waals surface area contributed by atoms with Crippen molar-refractivity contribution in [1.29, 1.82) is 0 Å². The molecule has 1 aliphatic rings. The van der Waals surface area contributed by atoms with Gasteiger partial charge in [0.25, 0.3) is 0 Å². The van der Waals surface area contributed by atoms with Crippen LogP contribution in [0.25, 0.3) is 22.3 Å². The number of ether oxygens (including phenoxy) is 2. The number of pyridine rings is 1. The highest BCUT2D eigenvalue weighted by atomic mass is 19.3. The van der Waals surface area contributed by atoms with E-state index in [2.05, 4.69) is 9.55 Å². The minimum absolute atomic E-state index is 0.0419. The van der Waals surface area contributed by atoms with Crippen LogP contribution < -0.4 is 4.74 Å². The minimum Gasteiger partial charge on any atom is -0.478 e. The summed E-state index contributed by atoms with van der Waals surface area (Å²) in [7, 11) is 0. The van der Waals surface area contributed by atoms with Gasteiger partial charge in [-0.3, -0.25) is 0 Å². The van der Waals surface area contributed by atoms with Crippen LogP contribution in [0.15, 0.2) is 103 Å². The second-order valence-corrected chi connectivity index (χ2v) is 12.3. The Bertz CT molecular complexity index is 2180. The number of carboxylic acid groups (broad SMARTS) is 1. The molecule has 1 fully saturated rings. The highest BCUT2D eigenvalue weighted by Crippen LogP contribution is 2.37. The third-order valence-corrected chi connectivity index (χ3v) is 8.88. The van der Waals surface area contributed by atoms with Gasteiger partial charge in [0.15, 0.2) is 0 Å². The fourth-order valence-corrected chi connectivity index (χ4v) is 6.14. The van der Waals surface area contributed by atoms with Crippen molar-refractivity contribution in [2.45, 2.75) is 31.9 Å². The molecule has 0 amide bonds. The standard InChI is InChI=1S/C39H31F4N3O4/c40-31-5-2-1-4-30(31)39(42,43)29-14-12-28(32(41)20-29)23-50-37-7-3-6-33(45-37)26-10-8-24(9-11-26)18-36-44-34-15-13-27(38(47)48)19-35(34)46(36)21-25-16-17-49-22-25/h1-15,19-20,25H,16-18,21-23H2,(H,47,48)/t25-/m0/s1. The molecule has 254 valence electrons. The zero-order chi connectivity index (χ0) is 34.8. The van der Waals surface area contributed by atoms with Crippen molar-refractivity contribution >= 4 is 17.0 Å². The lowest BCUT2D eigenvalue weighted by molar-refractivity contribution is 0.0385. The predicted octanol–water partition coefficient (Wildman–Crippen LogP) is 8.42. The van der Waals surface area contributed by atoms with Gasteiger partial charge in [-0.25, -0.2) is 23.5 Å². The lowest BCUT2D eigenvalue weighted by atomic mass is 9.98. The van der Waals surface area contributed by atoms with Crippen molar-refractivity contribution in [2.24, 2.45) is 5.92 Å². The van der Waals surface area contributed by atoms with Crippen molar-refractivity contribution in [3.63, 3.8) is 0 Å². The van der Waals surface area contributed by atoms with Crippen molar-refractivity contribution < 1.29 is 36.9 Å². The van der Waals surface area contributed by atoms with Crippen LogP contribution in [-0.4, -0.2) is 38.8 Å². The minimum atomic E-state index is -3.72. The monoisotopic (exact) mass is 681 g/mol. The Kier molecular flexibility index (Phi) is 9.07. The number of aromatic nitrogens is 3. The highest BCUT2D eigenvalue weighted by molar-refractivity contribution is 5.92. The summed E-state index contributed by atoms with van der Waals surface area (Å²) in [6, 6.07) is 25.4. The molecule has 4 aromatic carbocycles.